The molecule has 0 saturated carbocycles. The van der Waals surface area contributed by atoms with Gasteiger partial charge in [0.05, 0.1) is 46.4 Å². The summed E-state index contributed by atoms with van der Waals surface area (Å²) in [5.74, 6) is 0.495. The molecule has 1 aromatic carbocycles. The topological polar surface area (TPSA) is 116 Å². The Balaban J connectivity index is 1.19. The molecule has 35 heavy (non-hydrogen) atoms. The molecule has 6 rings (SSSR count). The lowest BCUT2D eigenvalue weighted by Crippen LogP contribution is -2.39. The molecule has 5 heterocycles. The molecule has 0 bridgehead atoms. The van der Waals surface area contributed by atoms with Crippen LogP contribution in [0.3, 0.4) is 0 Å². The standard InChI is InChI=1S/C24H20N6O3S2/c25-15-4-1-2-5-16(15)27-23(31)19-8-9-21(35-19)29-24-28-17(13-34-24)18-10-26-20-6-3-7-22(30(18)20)33-14-11-32-12-14/h1-10,13-14H,11-12,25H2,(H,27,31)(H,28,29). The van der Waals surface area contributed by atoms with Gasteiger partial charge in [0.1, 0.15) is 17.4 Å². The largest absolute Gasteiger partial charge is 0.470 e. The van der Waals surface area contributed by atoms with Crippen molar-refractivity contribution in [2.24, 2.45) is 0 Å². The molecule has 0 radical (unpaired) electrons. The van der Waals surface area contributed by atoms with E-state index >= 15 is 0 Å². The first kappa shape index (κ1) is 21.6. The van der Waals surface area contributed by atoms with Gasteiger partial charge in [0.15, 0.2) is 11.0 Å². The van der Waals surface area contributed by atoms with Gasteiger partial charge in [-0.05, 0) is 36.4 Å². The van der Waals surface area contributed by atoms with Gasteiger partial charge in [0.2, 0.25) is 0 Å². The van der Waals surface area contributed by atoms with Crippen molar-refractivity contribution >= 4 is 55.7 Å². The molecular formula is C24H20N6O3S2. The van der Waals surface area contributed by atoms with E-state index in [-0.39, 0.29) is 12.0 Å². The lowest BCUT2D eigenvalue weighted by Gasteiger charge is -2.27. The van der Waals surface area contributed by atoms with Crippen LogP contribution in [0.2, 0.25) is 0 Å². The summed E-state index contributed by atoms with van der Waals surface area (Å²) in [6.45, 7) is 1.18. The number of para-hydroxylation sites is 2. The number of anilines is 4. The molecule has 1 aliphatic heterocycles. The van der Waals surface area contributed by atoms with Gasteiger partial charge in [-0.2, -0.15) is 0 Å². The number of nitrogen functional groups attached to an aromatic ring is 1. The van der Waals surface area contributed by atoms with Crippen molar-refractivity contribution in [2.45, 2.75) is 6.10 Å². The van der Waals surface area contributed by atoms with Crippen molar-refractivity contribution in [3.63, 3.8) is 0 Å². The number of carbonyl (C=O) groups is 1. The Labute approximate surface area is 208 Å². The van der Waals surface area contributed by atoms with Crippen molar-refractivity contribution in [1.82, 2.24) is 14.4 Å². The highest BCUT2D eigenvalue weighted by atomic mass is 32.1. The number of nitrogens with one attached hydrogen (secondary N) is 2. The number of nitrogens with two attached hydrogens (primary N) is 1. The first-order valence-electron chi connectivity index (χ1n) is 10.8. The van der Waals surface area contributed by atoms with Crippen LogP contribution in [0.15, 0.2) is 66.2 Å². The van der Waals surface area contributed by atoms with E-state index in [9.17, 15) is 4.79 Å². The van der Waals surface area contributed by atoms with Gasteiger partial charge >= 0.3 is 0 Å². The maximum atomic E-state index is 12.6. The minimum atomic E-state index is -0.212. The molecule has 1 fully saturated rings. The van der Waals surface area contributed by atoms with Gasteiger partial charge in [0, 0.05) is 5.38 Å². The molecule has 176 valence electrons. The molecule has 0 spiro atoms. The first-order valence-corrected chi connectivity index (χ1v) is 12.5. The van der Waals surface area contributed by atoms with E-state index in [4.69, 9.17) is 20.2 Å². The maximum Gasteiger partial charge on any atom is 0.265 e. The molecule has 0 aliphatic carbocycles. The van der Waals surface area contributed by atoms with Crippen LogP contribution < -0.4 is 21.1 Å². The van der Waals surface area contributed by atoms with Gasteiger partial charge in [-0.1, -0.05) is 18.2 Å². The lowest BCUT2D eigenvalue weighted by molar-refractivity contribution is -0.0817. The monoisotopic (exact) mass is 504 g/mol. The van der Waals surface area contributed by atoms with Gasteiger partial charge in [-0.15, -0.1) is 22.7 Å². The Morgan fingerprint density at radius 1 is 1.14 bits per heavy atom. The average molecular weight is 505 g/mol. The van der Waals surface area contributed by atoms with E-state index in [0.29, 0.717) is 40.5 Å². The average Bonchev–Trinajstić information content (AvgIpc) is 3.58. The predicted molar refractivity (Wildman–Crippen MR) is 138 cm³/mol. The minimum Gasteiger partial charge on any atom is -0.470 e. The van der Waals surface area contributed by atoms with Gasteiger partial charge < -0.3 is 25.8 Å². The number of thiophene rings is 1. The number of imidazole rings is 1. The zero-order valence-corrected chi connectivity index (χ0v) is 19.9. The highest BCUT2D eigenvalue weighted by Crippen LogP contribution is 2.33. The van der Waals surface area contributed by atoms with Crippen LogP contribution in [0.25, 0.3) is 17.0 Å². The summed E-state index contributed by atoms with van der Waals surface area (Å²) in [5, 5.41) is 9.63. The third-order valence-electron chi connectivity index (χ3n) is 5.42. The number of nitrogens with zero attached hydrogens (tertiary/aromatic N) is 3. The molecule has 0 unspecified atom stereocenters. The van der Waals surface area contributed by atoms with Crippen LogP contribution in [-0.4, -0.2) is 39.6 Å². The van der Waals surface area contributed by atoms with Crippen molar-refractivity contribution in [3.05, 3.63) is 71.1 Å². The second kappa shape index (κ2) is 9.02. The maximum absolute atomic E-state index is 12.6. The Bertz CT molecular complexity index is 1520. The quantitative estimate of drug-likeness (QED) is 0.271. The van der Waals surface area contributed by atoms with Crippen LogP contribution in [0, 0.1) is 0 Å². The Morgan fingerprint density at radius 3 is 2.86 bits per heavy atom. The summed E-state index contributed by atoms with van der Waals surface area (Å²) in [6.07, 6.45) is 1.84. The number of hydrogen-bond donors (Lipinski definition) is 3. The number of ether oxygens (including phenoxy) is 2. The number of thiazole rings is 1. The van der Waals surface area contributed by atoms with Crippen LogP contribution in [-0.2, 0) is 4.74 Å². The summed E-state index contributed by atoms with van der Waals surface area (Å²) in [5.41, 5.74) is 9.44. The second-order valence-electron chi connectivity index (χ2n) is 7.85. The molecule has 9 nitrogen and oxygen atoms in total. The normalized spacial score (nSPS) is 13.5. The second-order valence-corrected chi connectivity index (χ2v) is 9.79. The smallest absolute Gasteiger partial charge is 0.265 e. The molecule has 5 aromatic rings. The van der Waals surface area contributed by atoms with Crippen LogP contribution in [0.5, 0.6) is 5.88 Å². The number of aromatic nitrogens is 3. The Kier molecular flexibility index (Phi) is 5.57. The van der Waals surface area contributed by atoms with Crippen molar-refractivity contribution in [2.75, 3.05) is 29.6 Å². The number of pyridine rings is 1. The minimum absolute atomic E-state index is 0.0482. The summed E-state index contributed by atoms with van der Waals surface area (Å²) < 4.78 is 13.3. The fraction of sp³-hybridized carbons (Fsp3) is 0.125. The van der Waals surface area contributed by atoms with Gasteiger partial charge in [0.25, 0.3) is 5.91 Å². The van der Waals surface area contributed by atoms with Crippen molar-refractivity contribution < 1.29 is 14.3 Å². The Morgan fingerprint density at radius 2 is 2.03 bits per heavy atom. The van der Waals surface area contributed by atoms with E-state index in [1.165, 1.54) is 22.7 Å². The van der Waals surface area contributed by atoms with Crippen LogP contribution in [0.1, 0.15) is 9.67 Å². The molecule has 1 saturated heterocycles. The fourth-order valence-corrected chi connectivity index (χ4v) is 5.19. The third kappa shape index (κ3) is 4.32. The molecule has 4 N–H and O–H groups in total. The van der Waals surface area contributed by atoms with Crippen LogP contribution >= 0.6 is 22.7 Å². The summed E-state index contributed by atoms with van der Waals surface area (Å²) in [7, 11) is 0. The summed E-state index contributed by atoms with van der Waals surface area (Å²) in [6, 6.07) is 16.6. The SMILES string of the molecule is Nc1ccccc1NC(=O)c1ccc(Nc2nc(-c3cnc4cccc(OC5COC5)n34)cs2)s1. The highest BCUT2D eigenvalue weighted by molar-refractivity contribution is 7.19. The number of hydrogen-bond acceptors (Lipinski definition) is 9. The number of amides is 1. The fourth-order valence-electron chi connectivity index (χ4n) is 3.61. The van der Waals surface area contributed by atoms with E-state index in [2.05, 4.69) is 15.6 Å². The zero-order valence-electron chi connectivity index (χ0n) is 18.3. The molecule has 0 atom stereocenters. The third-order valence-corrected chi connectivity index (χ3v) is 7.18. The highest BCUT2D eigenvalue weighted by Gasteiger charge is 2.22. The number of rotatable bonds is 7. The molecule has 1 amide bonds. The number of benzene rings is 1. The van der Waals surface area contributed by atoms with Gasteiger partial charge in [-0.25, -0.2) is 9.97 Å². The lowest BCUT2D eigenvalue weighted by atomic mass is 10.2. The van der Waals surface area contributed by atoms with E-state index in [1.54, 1.807) is 24.4 Å². The molecule has 11 heteroatoms. The zero-order chi connectivity index (χ0) is 23.8. The van der Waals surface area contributed by atoms with E-state index < -0.39 is 0 Å². The van der Waals surface area contributed by atoms with Crippen molar-refractivity contribution in [1.29, 1.82) is 0 Å². The van der Waals surface area contributed by atoms with Crippen molar-refractivity contribution in [3.8, 4) is 17.3 Å². The van der Waals surface area contributed by atoms with Crippen LogP contribution in [0.4, 0.5) is 21.5 Å². The summed E-state index contributed by atoms with van der Waals surface area (Å²) >= 11 is 2.82. The molecule has 4 aromatic heterocycles. The van der Waals surface area contributed by atoms with Gasteiger partial charge in [-0.3, -0.25) is 9.20 Å². The number of carbonyl (C=O) groups excluding carboxylic acids is 1. The predicted octanol–water partition coefficient (Wildman–Crippen LogP) is 4.88. The van der Waals surface area contributed by atoms with E-state index in [0.717, 1.165) is 22.0 Å². The molecular weight excluding hydrogens is 484 g/mol. The molecule has 1 aliphatic rings. The number of fused-ring (bicyclic) bond motifs is 1. The van der Waals surface area contributed by atoms with E-state index in [1.807, 2.05) is 46.2 Å². The Hall–Kier alpha value is -3.93. The first-order chi connectivity index (χ1) is 17.1. The summed E-state index contributed by atoms with van der Waals surface area (Å²) in [4.78, 5) is 22.4.